The third-order valence-corrected chi connectivity index (χ3v) is 4.47. The SMILES string of the molecule is C[C@](O)(CNC[C@@H]1CCCN1c1cccnn1)c1ccccc1. The number of anilines is 1. The van der Waals surface area contributed by atoms with Gasteiger partial charge in [0, 0.05) is 31.9 Å². The Hall–Kier alpha value is -1.98. The van der Waals surface area contributed by atoms with Crippen LogP contribution in [0.1, 0.15) is 25.3 Å². The van der Waals surface area contributed by atoms with Gasteiger partial charge in [-0.3, -0.25) is 0 Å². The van der Waals surface area contributed by atoms with Crippen LogP contribution in [-0.4, -0.2) is 41.0 Å². The van der Waals surface area contributed by atoms with Crippen LogP contribution in [-0.2, 0) is 5.60 Å². The van der Waals surface area contributed by atoms with E-state index in [1.54, 1.807) is 6.20 Å². The van der Waals surface area contributed by atoms with Gasteiger partial charge in [0.1, 0.15) is 0 Å². The zero-order valence-corrected chi connectivity index (χ0v) is 13.5. The maximum atomic E-state index is 10.6. The summed E-state index contributed by atoms with van der Waals surface area (Å²) in [6.45, 7) is 4.23. The molecular weight excluding hydrogens is 288 g/mol. The Bertz CT molecular complexity index is 603. The molecule has 122 valence electrons. The Balaban J connectivity index is 1.56. The number of benzene rings is 1. The molecule has 0 radical (unpaired) electrons. The summed E-state index contributed by atoms with van der Waals surface area (Å²) >= 11 is 0. The topological polar surface area (TPSA) is 61.3 Å². The van der Waals surface area contributed by atoms with Crippen molar-refractivity contribution in [3.8, 4) is 0 Å². The van der Waals surface area contributed by atoms with E-state index in [1.165, 1.54) is 0 Å². The fourth-order valence-corrected chi connectivity index (χ4v) is 3.18. The molecule has 1 aliphatic heterocycles. The number of nitrogens with one attached hydrogen (secondary N) is 1. The van der Waals surface area contributed by atoms with Crippen molar-refractivity contribution in [3.05, 3.63) is 54.2 Å². The van der Waals surface area contributed by atoms with Gasteiger partial charge in [0.25, 0.3) is 0 Å². The highest BCUT2D eigenvalue weighted by Gasteiger charge is 2.27. The predicted molar refractivity (Wildman–Crippen MR) is 91.3 cm³/mol. The smallest absolute Gasteiger partial charge is 0.151 e. The van der Waals surface area contributed by atoms with E-state index in [-0.39, 0.29) is 0 Å². The molecule has 5 heteroatoms. The third kappa shape index (κ3) is 3.86. The monoisotopic (exact) mass is 312 g/mol. The molecule has 3 rings (SSSR count). The summed E-state index contributed by atoms with van der Waals surface area (Å²) in [5.41, 5.74) is 0.0711. The van der Waals surface area contributed by atoms with Crippen molar-refractivity contribution in [2.75, 3.05) is 24.5 Å². The van der Waals surface area contributed by atoms with Gasteiger partial charge in [0.05, 0.1) is 5.60 Å². The Morgan fingerprint density at radius 3 is 2.83 bits per heavy atom. The maximum Gasteiger partial charge on any atom is 0.151 e. The lowest BCUT2D eigenvalue weighted by Crippen LogP contribution is -2.43. The molecule has 0 aliphatic carbocycles. The highest BCUT2D eigenvalue weighted by Crippen LogP contribution is 2.23. The van der Waals surface area contributed by atoms with Gasteiger partial charge in [-0.2, -0.15) is 5.10 Å². The van der Waals surface area contributed by atoms with Crippen molar-refractivity contribution in [3.63, 3.8) is 0 Å². The van der Waals surface area contributed by atoms with E-state index in [2.05, 4.69) is 20.4 Å². The largest absolute Gasteiger partial charge is 0.384 e. The van der Waals surface area contributed by atoms with E-state index < -0.39 is 5.60 Å². The molecule has 2 N–H and O–H groups in total. The van der Waals surface area contributed by atoms with Crippen molar-refractivity contribution in [2.45, 2.75) is 31.4 Å². The van der Waals surface area contributed by atoms with Crippen LogP contribution in [0.25, 0.3) is 0 Å². The molecule has 5 nitrogen and oxygen atoms in total. The fourth-order valence-electron chi connectivity index (χ4n) is 3.18. The van der Waals surface area contributed by atoms with Gasteiger partial charge in [-0.25, -0.2) is 0 Å². The molecule has 0 unspecified atom stereocenters. The van der Waals surface area contributed by atoms with Gasteiger partial charge in [-0.15, -0.1) is 5.10 Å². The lowest BCUT2D eigenvalue weighted by atomic mass is 9.96. The zero-order valence-electron chi connectivity index (χ0n) is 13.5. The molecule has 1 aromatic heterocycles. The summed E-state index contributed by atoms with van der Waals surface area (Å²) in [6, 6.07) is 14.1. The van der Waals surface area contributed by atoms with Crippen LogP contribution in [0.5, 0.6) is 0 Å². The molecule has 1 fully saturated rings. The second kappa shape index (κ2) is 7.06. The molecule has 2 atom stereocenters. The molecular formula is C18H24N4O. The number of aliphatic hydroxyl groups is 1. The quantitative estimate of drug-likeness (QED) is 0.853. The molecule has 1 aromatic carbocycles. The summed E-state index contributed by atoms with van der Waals surface area (Å²) in [5, 5.41) is 22.3. The zero-order chi connectivity index (χ0) is 16.1. The van der Waals surface area contributed by atoms with Crippen LogP contribution in [0.2, 0.25) is 0 Å². The second-order valence-corrected chi connectivity index (χ2v) is 6.34. The van der Waals surface area contributed by atoms with Crippen LogP contribution in [0.4, 0.5) is 5.82 Å². The number of aromatic nitrogens is 2. The highest BCUT2D eigenvalue weighted by atomic mass is 16.3. The number of hydrogen-bond donors (Lipinski definition) is 2. The third-order valence-electron chi connectivity index (χ3n) is 4.47. The van der Waals surface area contributed by atoms with E-state index in [9.17, 15) is 5.11 Å². The van der Waals surface area contributed by atoms with Crippen molar-refractivity contribution in [2.24, 2.45) is 0 Å². The molecule has 1 saturated heterocycles. The Labute approximate surface area is 137 Å². The lowest BCUT2D eigenvalue weighted by Gasteiger charge is -2.28. The van der Waals surface area contributed by atoms with Crippen LogP contribution in [0, 0.1) is 0 Å². The van der Waals surface area contributed by atoms with Crippen molar-refractivity contribution in [1.82, 2.24) is 15.5 Å². The maximum absolute atomic E-state index is 10.6. The molecule has 0 saturated carbocycles. The lowest BCUT2D eigenvalue weighted by molar-refractivity contribution is 0.0568. The van der Waals surface area contributed by atoms with Crippen molar-refractivity contribution >= 4 is 5.82 Å². The molecule has 23 heavy (non-hydrogen) atoms. The minimum Gasteiger partial charge on any atom is -0.384 e. The first-order valence-electron chi connectivity index (χ1n) is 8.20. The van der Waals surface area contributed by atoms with Crippen LogP contribution in [0.3, 0.4) is 0 Å². The van der Waals surface area contributed by atoms with Gasteiger partial charge in [-0.05, 0) is 37.5 Å². The first kappa shape index (κ1) is 15.9. The minimum atomic E-state index is -0.864. The normalized spacial score (nSPS) is 20.4. The molecule has 1 aliphatic rings. The summed E-state index contributed by atoms with van der Waals surface area (Å²) in [5.74, 6) is 0.937. The average Bonchev–Trinajstić information content (AvgIpc) is 3.05. The molecule has 0 amide bonds. The average molecular weight is 312 g/mol. The Morgan fingerprint density at radius 1 is 1.26 bits per heavy atom. The highest BCUT2D eigenvalue weighted by molar-refractivity contribution is 5.39. The summed E-state index contributed by atoms with van der Waals surface area (Å²) in [4.78, 5) is 2.30. The van der Waals surface area contributed by atoms with Crippen LogP contribution in [0.15, 0.2) is 48.7 Å². The van der Waals surface area contributed by atoms with E-state index in [1.807, 2.05) is 49.4 Å². The van der Waals surface area contributed by atoms with E-state index in [0.29, 0.717) is 12.6 Å². The van der Waals surface area contributed by atoms with Gasteiger partial charge in [0.2, 0.25) is 0 Å². The van der Waals surface area contributed by atoms with Crippen molar-refractivity contribution < 1.29 is 5.11 Å². The van der Waals surface area contributed by atoms with Crippen LogP contribution < -0.4 is 10.2 Å². The van der Waals surface area contributed by atoms with E-state index in [0.717, 1.165) is 37.3 Å². The standard InChI is InChI=1S/C18H24N4O/c1-18(23,15-7-3-2-4-8-15)14-19-13-16-9-6-12-22(16)17-10-5-11-20-21-17/h2-5,7-8,10-11,16,19,23H,6,9,12-14H2,1H3/t16-,18-/m0/s1. The van der Waals surface area contributed by atoms with E-state index in [4.69, 9.17) is 0 Å². The fraction of sp³-hybridized carbons (Fsp3) is 0.444. The summed E-state index contributed by atoms with van der Waals surface area (Å²) < 4.78 is 0. The number of nitrogens with zero attached hydrogens (tertiary/aromatic N) is 3. The Morgan fingerprint density at radius 2 is 2.09 bits per heavy atom. The second-order valence-electron chi connectivity index (χ2n) is 6.34. The van der Waals surface area contributed by atoms with E-state index >= 15 is 0 Å². The predicted octanol–water partition coefficient (Wildman–Crippen LogP) is 1.94. The van der Waals surface area contributed by atoms with Gasteiger partial charge < -0.3 is 15.3 Å². The molecule has 2 aromatic rings. The Kier molecular flexibility index (Phi) is 4.88. The van der Waals surface area contributed by atoms with Gasteiger partial charge >= 0.3 is 0 Å². The molecule has 0 bridgehead atoms. The first-order chi connectivity index (χ1) is 11.2. The first-order valence-corrected chi connectivity index (χ1v) is 8.20. The van der Waals surface area contributed by atoms with Crippen molar-refractivity contribution in [1.29, 1.82) is 0 Å². The number of rotatable bonds is 6. The van der Waals surface area contributed by atoms with Gasteiger partial charge in [0.15, 0.2) is 5.82 Å². The molecule has 2 heterocycles. The number of hydrogen-bond acceptors (Lipinski definition) is 5. The summed E-state index contributed by atoms with van der Waals surface area (Å²) in [7, 11) is 0. The van der Waals surface area contributed by atoms with Gasteiger partial charge in [-0.1, -0.05) is 30.3 Å². The minimum absolute atomic E-state index is 0.401. The summed E-state index contributed by atoms with van der Waals surface area (Å²) in [6.07, 6.45) is 4.00. The van der Waals surface area contributed by atoms with Crippen LogP contribution >= 0.6 is 0 Å². The molecule has 0 spiro atoms.